The maximum absolute atomic E-state index is 6.23. The molecule has 2 atom stereocenters. The van der Waals surface area contributed by atoms with E-state index in [4.69, 9.17) is 26.8 Å². The molecule has 0 aliphatic heterocycles. The zero-order chi connectivity index (χ0) is 14.8. The normalized spacial score (nSPS) is 14.2. The van der Waals surface area contributed by atoms with Gasteiger partial charge in [-0.3, -0.25) is 0 Å². The number of benzene rings is 1. The Morgan fingerprint density at radius 3 is 2.55 bits per heavy atom. The van der Waals surface area contributed by atoms with Crippen LogP contribution in [0.25, 0.3) is 0 Å². The van der Waals surface area contributed by atoms with Crippen LogP contribution >= 0.6 is 11.6 Å². The first-order valence-corrected chi connectivity index (χ1v) is 7.77. The largest absolute Gasteiger partial charge is 0.379 e. The lowest BCUT2D eigenvalue weighted by atomic mass is 10.0. The van der Waals surface area contributed by atoms with Crippen LogP contribution in [-0.2, 0) is 9.47 Å². The van der Waals surface area contributed by atoms with Crippen LogP contribution in [0.4, 0.5) is 0 Å². The minimum absolute atomic E-state index is 0.0643. The summed E-state index contributed by atoms with van der Waals surface area (Å²) in [5, 5.41) is 0.702. The lowest BCUT2D eigenvalue weighted by Crippen LogP contribution is -2.30. The fraction of sp³-hybridized carbons (Fsp3) is 0.625. The van der Waals surface area contributed by atoms with Gasteiger partial charge in [0.25, 0.3) is 0 Å². The fourth-order valence-electron chi connectivity index (χ4n) is 1.95. The Kier molecular flexibility index (Phi) is 8.86. The van der Waals surface area contributed by atoms with Gasteiger partial charge in [0, 0.05) is 23.2 Å². The molecule has 1 aromatic carbocycles. The molecule has 0 radical (unpaired) electrons. The predicted octanol–water partition coefficient (Wildman–Crippen LogP) is 3.95. The van der Waals surface area contributed by atoms with Gasteiger partial charge in [-0.15, -0.1) is 0 Å². The van der Waals surface area contributed by atoms with Crippen LogP contribution < -0.4 is 5.73 Å². The number of nitrogens with two attached hydrogens (primary N) is 1. The molecule has 0 saturated carbocycles. The van der Waals surface area contributed by atoms with Crippen LogP contribution in [0, 0.1) is 0 Å². The summed E-state index contributed by atoms with van der Waals surface area (Å²) in [6.07, 6.45) is 2.89. The highest BCUT2D eigenvalue weighted by Crippen LogP contribution is 2.28. The number of ether oxygens (including phenoxy) is 2. The zero-order valence-electron chi connectivity index (χ0n) is 12.5. The Bertz CT molecular complexity index is 373. The molecule has 3 nitrogen and oxygen atoms in total. The Balaban J connectivity index is 2.51. The lowest BCUT2D eigenvalue weighted by molar-refractivity contribution is -0.00816. The molecule has 0 heterocycles. The van der Waals surface area contributed by atoms with Crippen LogP contribution in [0.15, 0.2) is 24.3 Å². The molecular formula is C16H26ClNO2. The zero-order valence-corrected chi connectivity index (χ0v) is 13.2. The van der Waals surface area contributed by atoms with Crippen LogP contribution in [0.3, 0.4) is 0 Å². The van der Waals surface area contributed by atoms with E-state index in [9.17, 15) is 0 Å². The highest BCUT2D eigenvalue weighted by molar-refractivity contribution is 6.31. The first-order chi connectivity index (χ1) is 9.70. The van der Waals surface area contributed by atoms with Crippen LogP contribution in [0.2, 0.25) is 5.02 Å². The third-order valence-corrected chi connectivity index (χ3v) is 3.58. The van der Waals surface area contributed by atoms with Crippen molar-refractivity contribution in [3.63, 3.8) is 0 Å². The van der Waals surface area contributed by atoms with Crippen molar-refractivity contribution < 1.29 is 9.47 Å². The van der Waals surface area contributed by atoms with E-state index in [-0.39, 0.29) is 12.1 Å². The average Bonchev–Trinajstić information content (AvgIpc) is 2.47. The lowest BCUT2D eigenvalue weighted by Gasteiger charge is -2.24. The summed E-state index contributed by atoms with van der Waals surface area (Å²) in [7, 11) is 0. The molecular weight excluding hydrogens is 274 g/mol. The van der Waals surface area contributed by atoms with E-state index in [0.717, 1.165) is 31.4 Å². The van der Waals surface area contributed by atoms with Gasteiger partial charge in [0.2, 0.25) is 0 Å². The Hall–Kier alpha value is -0.610. The molecule has 0 saturated heterocycles. The van der Waals surface area contributed by atoms with Crippen LogP contribution in [0.5, 0.6) is 0 Å². The number of halogens is 1. The second-order valence-corrected chi connectivity index (χ2v) is 5.26. The summed E-state index contributed by atoms with van der Waals surface area (Å²) >= 11 is 6.23. The molecule has 0 fully saturated rings. The third-order valence-electron chi connectivity index (χ3n) is 3.24. The highest BCUT2D eigenvalue weighted by Gasteiger charge is 2.21. The SMILES string of the molecule is CCCCOCCOC(c1ccccc1Cl)C(N)CC. The monoisotopic (exact) mass is 299 g/mol. The summed E-state index contributed by atoms with van der Waals surface area (Å²) in [6, 6.07) is 7.64. The first-order valence-electron chi connectivity index (χ1n) is 7.40. The maximum Gasteiger partial charge on any atom is 0.0991 e. The summed E-state index contributed by atoms with van der Waals surface area (Å²) in [5.41, 5.74) is 7.11. The van der Waals surface area contributed by atoms with Gasteiger partial charge in [0.1, 0.15) is 0 Å². The molecule has 0 aliphatic rings. The molecule has 4 heteroatoms. The molecule has 2 N–H and O–H groups in total. The molecule has 20 heavy (non-hydrogen) atoms. The number of unbranched alkanes of at least 4 members (excludes halogenated alkanes) is 1. The van der Waals surface area contributed by atoms with E-state index in [0.29, 0.717) is 18.2 Å². The second-order valence-electron chi connectivity index (χ2n) is 4.85. The van der Waals surface area contributed by atoms with Gasteiger partial charge in [0.15, 0.2) is 0 Å². The van der Waals surface area contributed by atoms with Crippen molar-refractivity contribution in [2.45, 2.75) is 45.3 Å². The molecule has 0 aliphatic carbocycles. The van der Waals surface area contributed by atoms with Crippen LogP contribution in [0.1, 0.15) is 44.8 Å². The standard InChI is InChI=1S/C16H26ClNO2/c1-3-5-10-19-11-12-20-16(15(18)4-2)13-8-6-7-9-14(13)17/h6-9,15-16H,3-5,10-12,18H2,1-2H3. The number of hydrogen-bond acceptors (Lipinski definition) is 3. The Morgan fingerprint density at radius 1 is 1.15 bits per heavy atom. The van der Waals surface area contributed by atoms with E-state index in [1.54, 1.807) is 0 Å². The van der Waals surface area contributed by atoms with E-state index in [1.165, 1.54) is 0 Å². The molecule has 0 aromatic heterocycles. The third kappa shape index (κ3) is 5.80. The van der Waals surface area contributed by atoms with Gasteiger partial charge in [-0.05, 0) is 18.9 Å². The van der Waals surface area contributed by atoms with Crippen molar-refractivity contribution in [1.82, 2.24) is 0 Å². The topological polar surface area (TPSA) is 44.5 Å². The summed E-state index contributed by atoms with van der Waals surface area (Å²) < 4.78 is 11.4. The van der Waals surface area contributed by atoms with E-state index in [2.05, 4.69) is 13.8 Å². The number of rotatable bonds is 10. The Labute approximate surface area is 127 Å². The van der Waals surface area contributed by atoms with E-state index in [1.807, 2.05) is 24.3 Å². The molecule has 1 rings (SSSR count). The van der Waals surface area contributed by atoms with Crippen LogP contribution in [-0.4, -0.2) is 25.9 Å². The predicted molar refractivity (Wildman–Crippen MR) is 84.1 cm³/mol. The van der Waals surface area contributed by atoms with Gasteiger partial charge in [0.05, 0.1) is 19.3 Å². The minimum Gasteiger partial charge on any atom is -0.379 e. The fourth-order valence-corrected chi connectivity index (χ4v) is 2.19. The molecule has 0 amide bonds. The van der Waals surface area contributed by atoms with Gasteiger partial charge in [-0.2, -0.15) is 0 Å². The van der Waals surface area contributed by atoms with Crippen molar-refractivity contribution in [2.24, 2.45) is 5.73 Å². The number of hydrogen-bond donors (Lipinski definition) is 1. The molecule has 0 bridgehead atoms. The van der Waals surface area contributed by atoms with E-state index >= 15 is 0 Å². The van der Waals surface area contributed by atoms with Gasteiger partial charge in [-0.1, -0.05) is 50.1 Å². The van der Waals surface area contributed by atoms with E-state index < -0.39 is 0 Å². The van der Waals surface area contributed by atoms with Gasteiger partial charge in [-0.25, -0.2) is 0 Å². The van der Waals surface area contributed by atoms with Gasteiger partial charge < -0.3 is 15.2 Å². The molecule has 0 spiro atoms. The van der Waals surface area contributed by atoms with Gasteiger partial charge >= 0.3 is 0 Å². The summed E-state index contributed by atoms with van der Waals surface area (Å²) in [6.45, 7) is 6.12. The van der Waals surface area contributed by atoms with Crippen molar-refractivity contribution in [1.29, 1.82) is 0 Å². The highest BCUT2D eigenvalue weighted by atomic mass is 35.5. The first kappa shape index (κ1) is 17.4. The minimum atomic E-state index is -0.177. The quantitative estimate of drug-likeness (QED) is 0.665. The summed E-state index contributed by atoms with van der Waals surface area (Å²) in [4.78, 5) is 0. The second kappa shape index (κ2) is 10.2. The molecule has 1 aromatic rings. The molecule has 114 valence electrons. The molecule has 2 unspecified atom stereocenters. The van der Waals surface area contributed by atoms with Crippen molar-refractivity contribution in [3.8, 4) is 0 Å². The summed E-state index contributed by atoms with van der Waals surface area (Å²) in [5.74, 6) is 0. The van der Waals surface area contributed by atoms with Crippen molar-refractivity contribution >= 4 is 11.6 Å². The Morgan fingerprint density at radius 2 is 1.90 bits per heavy atom. The maximum atomic E-state index is 6.23. The smallest absolute Gasteiger partial charge is 0.0991 e. The van der Waals surface area contributed by atoms with Crippen molar-refractivity contribution in [3.05, 3.63) is 34.9 Å². The average molecular weight is 300 g/mol. The van der Waals surface area contributed by atoms with Crippen molar-refractivity contribution in [2.75, 3.05) is 19.8 Å².